The van der Waals surface area contributed by atoms with Crippen LogP contribution in [0.1, 0.15) is 36.3 Å². The maximum atomic E-state index is 13.2. The van der Waals surface area contributed by atoms with Gasteiger partial charge in [0.1, 0.15) is 4.83 Å². The molecule has 2 amide bonds. The molecular weight excluding hydrogens is 504 g/mol. The molecule has 1 aliphatic heterocycles. The summed E-state index contributed by atoms with van der Waals surface area (Å²) in [7, 11) is 1.66. The van der Waals surface area contributed by atoms with Crippen LogP contribution in [0.5, 0.6) is 0 Å². The van der Waals surface area contributed by atoms with E-state index in [1.165, 1.54) is 11.3 Å². The first-order valence-electron chi connectivity index (χ1n) is 12.5. The molecule has 2 N–H and O–H groups in total. The van der Waals surface area contributed by atoms with Crippen molar-refractivity contribution in [2.45, 2.75) is 33.7 Å². The van der Waals surface area contributed by atoms with Crippen molar-refractivity contribution in [1.29, 1.82) is 0 Å². The number of nitrogens with zero attached hydrogens (tertiary/aromatic N) is 6. The maximum absolute atomic E-state index is 13.2. The fourth-order valence-electron chi connectivity index (χ4n) is 4.55. The number of hydrogen-bond donors (Lipinski definition) is 2. The summed E-state index contributed by atoms with van der Waals surface area (Å²) >= 11 is 1.47. The van der Waals surface area contributed by atoms with E-state index in [9.17, 15) is 9.59 Å². The normalized spacial score (nSPS) is 15.3. The summed E-state index contributed by atoms with van der Waals surface area (Å²) in [5.74, 6) is -0.391. The smallest absolute Gasteiger partial charge is 0.260 e. The highest BCUT2D eigenvalue weighted by Gasteiger charge is 2.30. The lowest BCUT2D eigenvalue weighted by Gasteiger charge is -2.19. The number of methoxy groups -OCH3 is 1. The van der Waals surface area contributed by atoms with E-state index in [0.717, 1.165) is 34.8 Å². The number of amides is 2. The Morgan fingerprint density at radius 3 is 2.76 bits per heavy atom. The molecule has 0 atom stereocenters. The van der Waals surface area contributed by atoms with Crippen LogP contribution in [0.2, 0.25) is 0 Å². The number of likely N-dealkylation sites (tertiary alicyclic amines) is 1. The number of thiazole rings is 1. The zero-order valence-electron chi connectivity index (χ0n) is 22.0. The largest absolute Gasteiger partial charge is 0.383 e. The monoisotopic (exact) mass is 536 g/mol. The number of anilines is 2. The third-order valence-corrected chi connectivity index (χ3v) is 7.79. The average Bonchev–Trinajstić information content (AvgIpc) is 3.63. The van der Waals surface area contributed by atoms with Crippen molar-refractivity contribution < 1.29 is 14.3 Å². The fourth-order valence-corrected chi connectivity index (χ4v) is 5.59. The van der Waals surface area contributed by atoms with Gasteiger partial charge >= 0.3 is 0 Å². The molecule has 38 heavy (non-hydrogen) atoms. The number of carbonyl (C=O) groups excluding carboxylic acids is 2. The Hall–Kier alpha value is -3.61. The number of ether oxygens (including phenoxy) is 1. The Labute approximate surface area is 224 Å². The zero-order chi connectivity index (χ0) is 26.9. The minimum Gasteiger partial charge on any atom is -0.383 e. The third-order valence-electron chi connectivity index (χ3n) is 6.63. The minimum atomic E-state index is -0.295. The van der Waals surface area contributed by atoms with Gasteiger partial charge in [-0.1, -0.05) is 13.8 Å². The summed E-state index contributed by atoms with van der Waals surface area (Å²) in [5.41, 5.74) is 3.36. The Morgan fingerprint density at radius 1 is 1.16 bits per heavy atom. The van der Waals surface area contributed by atoms with Gasteiger partial charge in [-0.2, -0.15) is 10.2 Å². The highest BCUT2D eigenvalue weighted by atomic mass is 32.1. The molecule has 0 radical (unpaired) electrons. The summed E-state index contributed by atoms with van der Waals surface area (Å²) in [6.07, 6.45) is 9.86. The van der Waals surface area contributed by atoms with Crippen molar-refractivity contribution in [2.75, 3.05) is 44.0 Å². The van der Waals surface area contributed by atoms with Gasteiger partial charge in [-0.3, -0.25) is 24.2 Å². The van der Waals surface area contributed by atoms with Crippen LogP contribution in [0.15, 0.2) is 37.1 Å². The van der Waals surface area contributed by atoms with Crippen LogP contribution >= 0.6 is 11.3 Å². The van der Waals surface area contributed by atoms with E-state index in [2.05, 4.69) is 44.6 Å². The van der Waals surface area contributed by atoms with Crippen LogP contribution in [-0.2, 0) is 16.1 Å². The Morgan fingerprint density at radius 2 is 2.00 bits per heavy atom. The maximum Gasteiger partial charge on any atom is 0.260 e. The van der Waals surface area contributed by atoms with E-state index in [1.54, 1.807) is 36.3 Å². The van der Waals surface area contributed by atoms with E-state index >= 15 is 0 Å². The molecule has 11 nitrogen and oxygen atoms in total. The second-order valence-corrected chi connectivity index (χ2v) is 11.4. The fraction of sp³-hybridized carbons (Fsp3) is 0.423. The van der Waals surface area contributed by atoms with Gasteiger partial charge in [0.05, 0.1) is 65.8 Å². The molecule has 12 heteroatoms. The standard InChI is InChI=1S/C26H32N8O3S/c1-17-21(9-19(11-27-17)30-23(35)15-32-6-5-26(2,3)16-32)31-24(36)20-12-29-34-14-22(38-25(20)34)18-10-28-33(13-18)7-8-37-4/h9-14H,5-8,15-16H2,1-4H3,(H,30,35)(H,31,36). The van der Waals surface area contributed by atoms with Gasteiger partial charge in [0.15, 0.2) is 0 Å². The number of pyridine rings is 1. The number of aromatic nitrogens is 5. The van der Waals surface area contributed by atoms with Crippen molar-refractivity contribution in [3.8, 4) is 10.4 Å². The van der Waals surface area contributed by atoms with E-state index < -0.39 is 0 Å². The topological polar surface area (TPSA) is 119 Å². The van der Waals surface area contributed by atoms with Crippen LogP contribution in [-0.4, -0.2) is 74.4 Å². The predicted octanol–water partition coefficient (Wildman–Crippen LogP) is 3.53. The van der Waals surface area contributed by atoms with Gasteiger partial charge in [0.2, 0.25) is 5.91 Å². The molecule has 0 saturated carbocycles. The molecule has 1 fully saturated rings. The average molecular weight is 537 g/mol. The highest BCUT2D eigenvalue weighted by Crippen LogP contribution is 2.31. The van der Waals surface area contributed by atoms with Gasteiger partial charge in [0, 0.05) is 31.6 Å². The van der Waals surface area contributed by atoms with Crippen LogP contribution in [0, 0.1) is 12.3 Å². The minimum absolute atomic E-state index is 0.0966. The van der Waals surface area contributed by atoms with Crippen LogP contribution < -0.4 is 10.6 Å². The number of hydrogen-bond acceptors (Lipinski definition) is 8. The van der Waals surface area contributed by atoms with Crippen molar-refractivity contribution in [1.82, 2.24) is 29.3 Å². The number of aryl methyl sites for hydroxylation is 1. The molecule has 5 heterocycles. The third kappa shape index (κ3) is 5.77. The molecular formula is C26H32N8O3S. The molecule has 5 rings (SSSR count). The van der Waals surface area contributed by atoms with E-state index in [0.29, 0.717) is 42.3 Å². The number of rotatable bonds is 9. The molecule has 0 aliphatic carbocycles. The molecule has 1 saturated heterocycles. The van der Waals surface area contributed by atoms with Crippen molar-refractivity contribution in [3.63, 3.8) is 0 Å². The summed E-state index contributed by atoms with van der Waals surface area (Å²) in [6.45, 7) is 9.63. The van der Waals surface area contributed by atoms with Crippen LogP contribution in [0.25, 0.3) is 15.3 Å². The van der Waals surface area contributed by atoms with Crippen molar-refractivity contribution in [2.24, 2.45) is 5.41 Å². The summed E-state index contributed by atoms with van der Waals surface area (Å²) in [4.78, 5) is 34.0. The quantitative estimate of drug-likeness (QED) is 0.336. The van der Waals surface area contributed by atoms with Gasteiger partial charge in [-0.25, -0.2) is 4.52 Å². The molecule has 4 aromatic heterocycles. The Balaban J connectivity index is 1.27. The molecule has 1 aliphatic rings. The molecule has 0 spiro atoms. The van der Waals surface area contributed by atoms with Gasteiger partial charge < -0.3 is 15.4 Å². The number of fused-ring (bicyclic) bond motifs is 1. The lowest BCUT2D eigenvalue weighted by Crippen LogP contribution is -2.32. The second kappa shape index (κ2) is 10.6. The Bertz CT molecular complexity index is 1470. The van der Waals surface area contributed by atoms with Crippen molar-refractivity contribution in [3.05, 3.63) is 48.3 Å². The first-order valence-corrected chi connectivity index (χ1v) is 13.3. The second-order valence-electron chi connectivity index (χ2n) is 10.4. The van der Waals surface area contributed by atoms with Crippen molar-refractivity contribution >= 4 is 39.4 Å². The highest BCUT2D eigenvalue weighted by molar-refractivity contribution is 7.21. The number of carbonyl (C=O) groups is 2. The SMILES string of the molecule is COCCn1cc(-c2cn3ncc(C(=O)Nc4cc(NC(=O)CN5CCC(C)(C)C5)cnc4C)c3s2)cn1. The van der Waals surface area contributed by atoms with E-state index in [1.807, 2.05) is 24.0 Å². The van der Waals surface area contributed by atoms with Gasteiger partial charge in [-0.15, -0.1) is 11.3 Å². The first kappa shape index (κ1) is 26.0. The van der Waals surface area contributed by atoms with E-state index in [-0.39, 0.29) is 17.2 Å². The molecule has 200 valence electrons. The lowest BCUT2D eigenvalue weighted by atomic mass is 9.93. The molecule has 0 aromatic carbocycles. The van der Waals surface area contributed by atoms with Crippen LogP contribution in [0.4, 0.5) is 11.4 Å². The number of nitrogens with one attached hydrogen (secondary N) is 2. The molecule has 4 aromatic rings. The van der Waals surface area contributed by atoms with Gasteiger partial charge in [-0.05, 0) is 31.4 Å². The zero-order valence-corrected chi connectivity index (χ0v) is 22.8. The molecule has 0 bridgehead atoms. The van der Waals surface area contributed by atoms with E-state index in [4.69, 9.17) is 4.74 Å². The summed E-state index contributed by atoms with van der Waals surface area (Å²) in [5, 5.41) is 14.6. The summed E-state index contributed by atoms with van der Waals surface area (Å²) in [6, 6.07) is 1.74. The molecule has 0 unspecified atom stereocenters. The predicted molar refractivity (Wildman–Crippen MR) is 147 cm³/mol. The Kier molecular flexibility index (Phi) is 7.28. The van der Waals surface area contributed by atoms with Gasteiger partial charge in [0.25, 0.3) is 5.91 Å². The van der Waals surface area contributed by atoms with Crippen LogP contribution in [0.3, 0.4) is 0 Å². The lowest BCUT2D eigenvalue weighted by molar-refractivity contribution is -0.117. The summed E-state index contributed by atoms with van der Waals surface area (Å²) < 4.78 is 8.63. The first-order chi connectivity index (χ1) is 18.2.